The van der Waals surface area contributed by atoms with E-state index in [9.17, 15) is 14.3 Å². The lowest BCUT2D eigenvalue weighted by Gasteiger charge is -2.38. The number of carbonyl (C=O) groups is 1. The lowest BCUT2D eigenvalue weighted by atomic mass is 10.00. The number of hydrogen-bond donors (Lipinski definition) is 2. The van der Waals surface area contributed by atoms with Crippen molar-refractivity contribution in [3.63, 3.8) is 0 Å². The molecule has 132 valence electrons. The molecule has 1 amide bonds. The van der Waals surface area contributed by atoms with Gasteiger partial charge in [-0.2, -0.15) is 0 Å². The monoisotopic (exact) mass is 407 g/mol. The van der Waals surface area contributed by atoms with Gasteiger partial charge < -0.3 is 20.2 Å². The third-order valence-electron chi connectivity index (χ3n) is 4.86. The topological polar surface area (TPSA) is 55.8 Å². The molecule has 0 bridgehead atoms. The van der Waals surface area contributed by atoms with Crippen LogP contribution in [0.2, 0.25) is 0 Å². The Morgan fingerprint density at radius 3 is 2.88 bits per heavy atom. The van der Waals surface area contributed by atoms with Gasteiger partial charge in [-0.15, -0.1) is 0 Å². The van der Waals surface area contributed by atoms with Gasteiger partial charge in [0.15, 0.2) is 0 Å². The van der Waals surface area contributed by atoms with Gasteiger partial charge in [-0.1, -0.05) is 15.9 Å². The molecule has 7 heteroatoms. The molecule has 0 aliphatic carbocycles. The van der Waals surface area contributed by atoms with Crippen LogP contribution in [0.1, 0.15) is 12.8 Å². The van der Waals surface area contributed by atoms with E-state index in [-0.39, 0.29) is 11.7 Å². The van der Waals surface area contributed by atoms with Gasteiger partial charge in [0.05, 0.1) is 23.1 Å². The minimum Gasteiger partial charge on any atom is -0.389 e. The van der Waals surface area contributed by atoms with Crippen molar-refractivity contribution in [3.8, 4) is 0 Å². The van der Waals surface area contributed by atoms with Crippen LogP contribution in [0.4, 0.5) is 10.1 Å². The number of nitrogens with one attached hydrogen (secondary N) is 1. The molecule has 2 N–H and O–H groups in total. The zero-order valence-corrected chi connectivity index (χ0v) is 15.2. The Balaban J connectivity index is 1.65. The maximum atomic E-state index is 14.2. The van der Waals surface area contributed by atoms with Crippen LogP contribution in [0.25, 0.3) is 0 Å². The highest BCUT2D eigenvalue weighted by atomic mass is 79.9. The van der Waals surface area contributed by atoms with Gasteiger partial charge in [-0.05, 0) is 37.1 Å². The number of aliphatic hydroxyl groups is 1. The number of rotatable bonds is 3. The van der Waals surface area contributed by atoms with Gasteiger partial charge in [0.2, 0.25) is 0 Å². The molecule has 0 atom stereocenters. The molecule has 2 fully saturated rings. The van der Waals surface area contributed by atoms with Gasteiger partial charge in [0.25, 0.3) is 5.91 Å². The van der Waals surface area contributed by atoms with Crippen LogP contribution < -0.4 is 5.32 Å². The average molecular weight is 408 g/mol. The molecule has 1 aromatic carbocycles. The van der Waals surface area contributed by atoms with Crippen LogP contribution in [0.5, 0.6) is 0 Å². The molecule has 2 saturated heterocycles. The summed E-state index contributed by atoms with van der Waals surface area (Å²) >= 11 is 3.25. The lowest BCUT2D eigenvalue weighted by molar-refractivity contribution is -0.136. The van der Waals surface area contributed by atoms with Crippen LogP contribution >= 0.6 is 15.9 Å². The fourth-order valence-electron chi connectivity index (χ4n) is 3.54. The van der Waals surface area contributed by atoms with Crippen LogP contribution in [0.15, 0.2) is 45.7 Å². The van der Waals surface area contributed by atoms with Gasteiger partial charge >= 0.3 is 0 Å². The second kappa shape index (κ2) is 6.46. The van der Waals surface area contributed by atoms with E-state index in [0.717, 1.165) is 31.6 Å². The lowest BCUT2D eigenvalue weighted by Crippen LogP contribution is -2.54. The minimum absolute atomic E-state index is 0.0943. The normalized spacial score (nSPS) is 20.4. The summed E-state index contributed by atoms with van der Waals surface area (Å²) in [6.07, 6.45) is 3.36. The molecule has 1 aromatic rings. The number of fused-ring (bicyclic) bond motifs is 1. The van der Waals surface area contributed by atoms with Crippen LogP contribution in [-0.4, -0.2) is 53.1 Å². The first kappa shape index (κ1) is 16.6. The Morgan fingerprint density at radius 2 is 2.16 bits per heavy atom. The molecule has 3 heterocycles. The highest BCUT2D eigenvalue weighted by Gasteiger charge is 2.36. The number of hydrogen-bond acceptors (Lipinski definition) is 4. The van der Waals surface area contributed by atoms with Crippen molar-refractivity contribution in [2.75, 3.05) is 31.5 Å². The maximum Gasteiger partial charge on any atom is 0.257 e. The molecule has 0 aromatic heterocycles. The van der Waals surface area contributed by atoms with E-state index < -0.39 is 6.10 Å². The van der Waals surface area contributed by atoms with Gasteiger partial charge in [-0.25, -0.2) is 4.39 Å². The summed E-state index contributed by atoms with van der Waals surface area (Å²) in [5.41, 5.74) is 2.63. The zero-order valence-electron chi connectivity index (χ0n) is 13.6. The minimum atomic E-state index is -0.442. The number of β-amino-alcohol motifs (C(OH)–C–C–N with tert-alkyl or cyclic N) is 1. The van der Waals surface area contributed by atoms with Crippen molar-refractivity contribution in [2.45, 2.75) is 18.9 Å². The molecule has 5 nitrogen and oxygen atoms in total. The summed E-state index contributed by atoms with van der Waals surface area (Å²) < 4.78 is 14.9. The number of carbonyl (C=O) groups excluding carboxylic acids is 1. The Hall–Kier alpha value is -1.86. The van der Waals surface area contributed by atoms with E-state index in [0.29, 0.717) is 34.5 Å². The van der Waals surface area contributed by atoms with Crippen LogP contribution in [0.3, 0.4) is 0 Å². The summed E-state index contributed by atoms with van der Waals surface area (Å²) in [6, 6.07) is 4.81. The van der Waals surface area contributed by atoms with Crippen LogP contribution in [0, 0.1) is 5.82 Å². The fraction of sp³-hybridized carbons (Fsp3) is 0.389. The summed E-state index contributed by atoms with van der Waals surface area (Å²) in [4.78, 5) is 16.8. The van der Waals surface area contributed by atoms with Crippen molar-refractivity contribution in [3.05, 3.63) is 51.5 Å². The van der Waals surface area contributed by atoms with Gasteiger partial charge in [0, 0.05) is 36.3 Å². The Morgan fingerprint density at radius 1 is 1.36 bits per heavy atom. The van der Waals surface area contributed by atoms with E-state index in [4.69, 9.17) is 0 Å². The standard InChI is InChI=1S/C18H19BrFN3O2/c19-11-3-4-14(13(20)8-11)21-15-5-7-22-6-1-2-16(22)17(15)18(25)23-9-12(24)10-23/h3-5,8,12,21,24H,1-2,6-7,9-10H2. The summed E-state index contributed by atoms with van der Waals surface area (Å²) in [5.74, 6) is -0.469. The summed E-state index contributed by atoms with van der Waals surface area (Å²) in [7, 11) is 0. The predicted molar refractivity (Wildman–Crippen MR) is 96.2 cm³/mol. The number of likely N-dealkylation sites (tertiary alicyclic amines) is 1. The second-order valence-electron chi connectivity index (χ2n) is 6.60. The van der Waals surface area contributed by atoms with Gasteiger partial charge in [0.1, 0.15) is 5.82 Å². The third kappa shape index (κ3) is 3.06. The highest BCUT2D eigenvalue weighted by molar-refractivity contribution is 9.10. The number of amides is 1. The molecule has 3 aliphatic heterocycles. The SMILES string of the molecule is O=C(C1=C2CCCN2CC=C1Nc1ccc(Br)cc1F)N1CC(O)C1. The van der Waals surface area contributed by atoms with Crippen molar-refractivity contribution in [1.82, 2.24) is 9.80 Å². The summed E-state index contributed by atoms with van der Waals surface area (Å²) in [5, 5.41) is 12.6. The number of halogens is 2. The van der Waals surface area contributed by atoms with E-state index in [2.05, 4.69) is 26.1 Å². The Labute approximate surface area is 153 Å². The second-order valence-corrected chi connectivity index (χ2v) is 7.52. The molecular formula is C18H19BrFN3O2. The molecule has 3 aliphatic rings. The molecule has 0 unspecified atom stereocenters. The largest absolute Gasteiger partial charge is 0.389 e. The number of nitrogens with zero attached hydrogens (tertiary/aromatic N) is 2. The molecule has 25 heavy (non-hydrogen) atoms. The predicted octanol–water partition coefficient (Wildman–Crippen LogP) is 2.45. The molecule has 0 saturated carbocycles. The van der Waals surface area contributed by atoms with E-state index in [1.165, 1.54) is 6.07 Å². The Bertz CT molecular complexity index is 787. The average Bonchev–Trinajstić information content (AvgIpc) is 3.02. The van der Waals surface area contributed by atoms with E-state index in [1.807, 2.05) is 6.08 Å². The van der Waals surface area contributed by atoms with E-state index in [1.54, 1.807) is 17.0 Å². The number of aliphatic hydroxyl groups excluding tert-OH is 1. The van der Waals surface area contributed by atoms with Crippen molar-refractivity contribution in [2.24, 2.45) is 0 Å². The van der Waals surface area contributed by atoms with Crippen molar-refractivity contribution >= 4 is 27.5 Å². The summed E-state index contributed by atoms with van der Waals surface area (Å²) in [6.45, 7) is 2.37. The highest BCUT2D eigenvalue weighted by Crippen LogP contribution is 2.34. The number of allylic oxidation sites excluding steroid dienone is 1. The first-order valence-electron chi connectivity index (χ1n) is 8.41. The first-order chi connectivity index (χ1) is 12.0. The van der Waals surface area contributed by atoms with Crippen LogP contribution in [-0.2, 0) is 4.79 Å². The van der Waals surface area contributed by atoms with Crippen molar-refractivity contribution < 1.29 is 14.3 Å². The third-order valence-corrected chi connectivity index (χ3v) is 5.35. The molecular weight excluding hydrogens is 389 g/mol. The smallest absolute Gasteiger partial charge is 0.257 e. The quantitative estimate of drug-likeness (QED) is 0.807. The molecule has 4 rings (SSSR count). The fourth-order valence-corrected chi connectivity index (χ4v) is 3.87. The van der Waals surface area contributed by atoms with Crippen molar-refractivity contribution in [1.29, 1.82) is 0 Å². The number of benzene rings is 1. The first-order valence-corrected chi connectivity index (χ1v) is 9.20. The van der Waals surface area contributed by atoms with E-state index >= 15 is 0 Å². The molecule has 0 spiro atoms. The Kier molecular flexibility index (Phi) is 4.29. The van der Waals surface area contributed by atoms with Gasteiger partial charge in [-0.3, -0.25) is 4.79 Å². The number of anilines is 1. The molecule has 0 radical (unpaired) electrons. The zero-order chi connectivity index (χ0) is 17.6. The maximum absolute atomic E-state index is 14.2.